The Morgan fingerprint density at radius 1 is 1.43 bits per heavy atom. The fourth-order valence-electron chi connectivity index (χ4n) is 0.945. The fraction of sp³-hybridized carbons (Fsp3) is 0.364. The largest absolute Gasteiger partial charge is 0.363 e. The Labute approximate surface area is 90.8 Å². The van der Waals surface area contributed by atoms with Crippen molar-refractivity contribution < 1.29 is 0 Å². The van der Waals surface area contributed by atoms with E-state index >= 15 is 0 Å². The molecule has 0 aliphatic heterocycles. The van der Waals surface area contributed by atoms with Crippen molar-refractivity contribution in [3.8, 4) is 11.8 Å². The van der Waals surface area contributed by atoms with Crippen LogP contribution in [0.25, 0.3) is 0 Å². The first-order valence-corrected chi connectivity index (χ1v) is 5.10. The van der Waals surface area contributed by atoms with E-state index in [2.05, 4.69) is 29.5 Å². The molecule has 2 nitrogen and oxygen atoms in total. The molecule has 3 heteroatoms. The van der Waals surface area contributed by atoms with E-state index in [-0.39, 0.29) is 0 Å². The molecular weight excluding hydrogens is 192 g/mol. The average Bonchev–Trinajstić information content (AvgIpc) is 2.19. The number of nitrogens with zero attached hydrogens (tertiary/aromatic N) is 2. The molecule has 0 bridgehead atoms. The van der Waals surface area contributed by atoms with Crippen LogP contribution in [0.4, 0.5) is 5.82 Å². The highest BCUT2D eigenvalue weighted by atomic mass is 32.1. The number of aromatic nitrogens is 1. The lowest BCUT2D eigenvalue weighted by Crippen LogP contribution is -2.10. The van der Waals surface area contributed by atoms with Gasteiger partial charge in [-0.3, -0.25) is 0 Å². The normalized spacial score (nSPS) is 9.07. The molecule has 0 aliphatic rings. The molecule has 0 aliphatic carbocycles. The summed E-state index contributed by atoms with van der Waals surface area (Å²) in [6.07, 6.45) is 2.61. The minimum absolute atomic E-state index is 0.802. The van der Waals surface area contributed by atoms with Crippen molar-refractivity contribution in [2.45, 2.75) is 6.42 Å². The second kappa shape index (κ2) is 5.56. The van der Waals surface area contributed by atoms with Crippen LogP contribution in [-0.4, -0.2) is 24.8 Å². The van der Waals surface area contributed by atoms with Crippen molar-refractivity contribution in [3.05, 3.63) is 23.9 Å². The molecule has 1 rings (SSSR count). The monoisotopic (exact) mass is 206 g/mol. The van der Waals surface area contributed by atoms with Gasteiger partial charge < -0.3 is 4.90 Å². The summed E-state index contributed by atoms with van der Waals surface area (Å²) < 4.78 is 0. The van der Waals surface area contributed by atoms with E-state index in [0.29, 0.717) is 0 Å². The lowest BCUT2D eigenvalue weighted by molar-refractivity contribution is 1.07. The molecule has 0 saturated carbocycles. The van der Waals surface area contributed by atoms with Crippen LogP contribution >= 0.6 is 12.6 Å². The van der Waals surface area contributed by atoms with Gasteiger partial charge in [-0.1, -0.05) is 11.8 Å². The van der Waals surface area contributed by atoms with Gasteiger partial charge in [0.25, 0.3) is 0 Å². The summed E-state index contributed by atoms with van der Waals surface area (Å²) in [5.41, 5.74) is 0.956. The zero-order valence-corrected chi connectivity index (χ0v) is 9.38. The Balaban J connectivity index is 2.70. The SMILES string of the molecule is CN(C)c1ccc(C#CCCS)cn1. The maximum Gasteiger partial charge on any atom is 0.128 e. The number of hydrogen-bond acceptors (Lipinski definition) is 3. The number of hydrogen-bond donors (Lipinski definition) is 1. The molecule has 0 radical (unpaired) electrons. The van der Waals surface area contributed by atoms with Crippen molar-refractivity contribution in [1.82, 2.24) is 4.98 Å². The molecular formula is C11H14N2S. The molecule has 0 saturated heterocycles. The molecule has 1 aromatic rings. The molecule has 0 aromatic carbocycles. The Bertz CT molecular complexity index is 333. The Hall–Kier alpha value is -1.14. The quantitative estimate of drug-likeness (QED) is 0.587. The fourth-order valence-corrected chi connectivity index (χ4v) is 1.06. The summed E-state index contributed by atoms with van der Waals surface area (Å²) in [5, 5.41) is 0. The van der Waals surface area contributed by atoms with Crippen LogP contribution in [0.2, 0.25) is 0 Å². The van der Waals surface area contributed by atoms with E-state index < -0.39 is 0 Å². The van der Waals surface area contributed by atoms with Gasteiger partial charge in [0.2, 0.25) is 0 Å². The number of thiol groups is 1. The zero-order chi connectivity index (χ0) is 10.4. The molecule has 1 heterocycles. The summed E-state index contributed by atoms with van der Waals surface area (Å²) in [4.78, 5) is 6.22. The summed E-state index contributed by atoms with van der Waals surface area (Å²) in [6, 6.07) is 3.94. The van der Waals surface area contributed by atoms with Gasteiger partial charge >= 0.3 is 0 Å². The van der Waals surface area contributed by atoms with Gasteiger partial charge in [-0.15, -0.1) is 0 Å². The van der Waals surface area contributed by atoms with Crippen molar-refractivity contribution in [1.29, 1.82) is 0 Å². The highest BCUT2D eigenvalue weighted by Gasteiger charge is 1.94. The molecule has 0 spiro atoms. The summed E-state index contributed by atoms with van der Waals surface area (Å²) in [5.74, 6) is 7.80. The third kappa shape index (κ3) is 3.31. The third-order valence-corrected chi connectivity index (χ3v) is 1.90. The number of pyridine rings is 1. The lowest BCUT2D eigenvalue weighted by atomic mass is 10.3. The molecule has 1 aromatic heterocycles. The standard InChI is InChI=1S/C11H14N2S/c1-13(2)11-7-6-10(9-12-11)5-3-4-8-14/h6-7,9,14H,4,8H2,1-2H3. The molecule has 74 valence electrons. The highest BCUT2D eigenvalue weighted by Crippen LogP contribution is 2.06. The molecule has 0 N–H and O–H groups in total. The van der Waals surface area contributed by atoms with Crippen LogP contribution in [0.3, 0.4) is 0 Å². The molecule has 0 fully saturated rings. The predicted molar refractivity (Wildman–Crippen MR) is 63.9 cm³/mol. The minimum Gasteiger partial charge on any atom is -0.363 e. The van der Waals surface area contributed by atoms with Crippen LogP contribution < -0.4 is 4.90 Å². The maximum atomic E-state index is 4.26. The zero-order valence-electron chi connectivity index (χ0n) is 8.49. The first kappa shape index (κ1) is 10.9. The molecule has 0 unspecified atom stereocenters. The summed E-state index contributed by atoms with van der Waals surface area (Å²) >= 11 is 4.09. The van der Waals surface area contributed by atoms with Crippen LogP contribution in [-0.2, 0) is 0 Å². The van der Waals surface area contributed by atoms with Gasteiger partial charge in [0.05, 0.1) is 0 Å². The first-order valence-electron chi connectivity index (χ1n) is 4.47. The van der Waals surface area contributed by atoms with Crippen LogP contribution in [0, 0.1) is 11.8 Å². The Morgan fingerprint density at radius 2 is 2.21 bits per heavy atom. The Kier molecular flexibility index (Phi) is 4.34. The highest BCUT2D eigenvalue weighted by molar-refractivity contribution is 7.80. The van der Waals surface area contributed by atoms with Gasteiger partial charge in [0.15, 0.2) is 0 Å². The number of rotatable bonds is 2. The lowest BCUT2D eigenvalue weighted by Gasteiger charge is -2.09. The van der Waals surface area contributed by atoms with Crippen molar-refractivity contribution in [3.63, 3.8) is 0 Å². The van der Waals surface area contributed by atoms with Crippen LogP contribution in [0.5, 0.6) is 0 Å². The van der Waals surface area contributed by atoms with Gasteiger partial charge in [0, 0.05) is 38.0 Å². The van der Waals surface area contributed by atoms with Crippen LogP contribution in [0.1, 0.15) is 12.0 Å². The van der Waals surface area contributed by atoms with Gasteiger partial charge in [0.1, 0.15) is 5.82 Å². The van der Waals surface area contributed by atoms with Crippen LogP contribution in [0.15, 0.2) is 18.3 Å². The second-order valence-corrected chi connectivity index (χ2v) is 3.52. The maximum absolute atomic E-state index is 4.26. The van der Waals surface area contributed by atoms with Crippen molar-refractivity contribution >= 4 is 18.4 Å². The van der Waals surface area contributed by atoms with Crippen molar-refractivity contribution in [2.24, 2.45) is 0 Å². The average molecular weight is 206 g/mol. The number of anilines is 1. The van der Waals surface area contributed by atoms with E-state index in [1.54, 1.807) is 6.20 Å². The molecule has 14 heavy (non-hydrogen) atoms. The molecule has 0 amide bonds. The van der Waals surface area contributed by atoms with E-state index in [1.165, 1.54) is 0 Å². The summed E-state index contributed by atoms with van der Waals surface area (Å²) in [7, 11) is 3.93. The third-order valence-electron chi connectivity index (χ3n) is 1.68. The summed E-state index contributed by atoms with van der Waals surface area (Å²) in [6.45, 7) is 0. The Morgan fingerprint density at radius 3 is 2.71 bits per heavy atom. The van der Waals surface area contributed by atoms with Gasteiger partial charge in [-0.2, -0.15) is 12.6 Å². The van der Waals surface area contributed by atoms with E-state index in [9.17, 15) is 0 Å². The van der Waals surface area contributed by atoms with Gasteiger partial charge in [-0.25, -0.2) is 4.98 Å². The minimum atomic E-state index is 0.802. The topological polar surface area (TPSA) is 16.1 Å². The van der Waals surface area contributed by atoms with E-state index in [1.807, 2.05) is 31.1 Å². The predicted octanol–water partition coefficient (Wildman–Crippen LogP) is 1.82. The smallest absolute Gasteiger partial charge is 0.128 e. The first-order chi connectivity index (χ1) is 6.74. The van der Waals surface area contributed by atoms with E-state index in [0.717, 1.165) is 23.6 Å². The van der Waals surface area contributed by atoms with Crippen molar-refractivity contribution in [2.75, 3.05) is 24.7 Å². The second-order valence-electron chi connectivity index (χ2n) is 3.07. The van der Waals surface area contributed by atoms with Gasteiger partial charge in [-0.05, 0) is 12.1 Å². The molecule has 0 atom stereocenters. The van der Waals surface area contributed by atoms with E-state index in [4.69, 9.17) is 0 Å².